The van der Waals surface area contributed by atoms with Crippen molar-refractivity contribution in [3.8, 4) is 0 Å². The van der Waals surface area contributed by atoms with E-state index in [2.05, 4.69) is 11.4 Å². The van der Waals surface area contributed by atoms with Gasteiger partial charge in [-0.3, -0.25) is 0 Å². The molecule has 19 heavy (non-hydrogen) atoms. The van der Waals surface area contributed by atoms with Crippen LogP contribution in [0.4, 0.5) is 5.69 Å². The van der Waals surface area contributed by atoms with Crippen molar-refractivity contribution in [1.29, 1.82) is 0 Å². The number of furan rings is 1. The lowest BCUT2D eigenvalue weighted by Crippen LogP contribution is -2.00. The fourth-order valence-electron chi connectivity index (χ4n) is 2.16. The molecule has 2 nitrogen and oxygen atoms in total. The van der Waals surface area contributed by atoms with Gasteiger partial charge < -0.3 is 9.73 Å². The Morgan fingerprint density at radius 3 is 2.74 bits per heavy atom. The van der Waals surface area contributed by atoms with Crippen LogP contribution in [0.1, 0.15) is 11.3 Å². The summed E-state index contributed by atoms with van der Waals surface area (Å²) in [5, 5.41) is 5.19. The Balaban J connectivity index is 1.82. The average Bonchev–Trinajstić information content (AvgIpc) is 2.81. The van der Waals surface area contributed by atoms with Gasteiger partial charge in [-0.05, 0) is 30.7 Å². The molecule has 0 saturated carbocycles. The normalized spacial score (nSPS) is 10.8. The zero-order valence-electron chi connectivity index (χ0n) is 10.6. The van der Waals surface area contributed by atoms with Crippen LogP contribution in [0, 0.1) is 6.92 Å². The highest BCUT2D eigenvalue weighted by molar-refractivity contribution is 6.33. The largest absolute Gasteiger partial charge is 0.459 e. The lowest BCUT2D eigenvalue weighted by Gasteiger charge is -2.09. The van der Waals surface area contributed by atoms with Crippen LogP contribution in [-0.2, 0) is 6.54 Å². The second-order valence-corrected chi connectivity index (χ2v) is 4.94. The highest BCUT2D eigenvalue weighted by Gasteiger charge is 2.06. The summed E-state index contributed by atoms with van der Waals surface area (Å²) in [6, 6.07) is 15.9. The second kappa shape index (κ2) is 4.98. The van der Waals surface area contributed by atoms with Gasteiger partial charge in [0.15, 0.2) is 0 Å². The summed E-state index contributed by atoms with van der Waals surface area (Å²) in [5.41, 5.74) is 3.00. The molecule has 0 aliphatic heterocycles. The first-order chi connectivity index (χ1) is 9.24. The molecular weight excluding hydrogens is 258 g/mol. The fraction of sp³-hybridized carbons (Fsp3) is 0.125. The first kappa shape index (κ1) is 12.1. The third-order valence-corrected chi connectivity index (χ3v) is 3.45. The summed E-state index contributed by atoms with van der Waals surface area (Å²) < 4.78 is 5.76. The molecule has 0 radical (unpaired) electrons. The summed E-state index contributed by atoms with van der Waals surface area (Å²) in [6.45, 7) is 2.66. The van der Waals surface area contributed by atoms with Gasteiger partial charge in [0.25, 0.3) is 0 Å². The van der Waals surface area contributed by atoms with E-state index in [-0.39, 0.29) is 0 Å². The van der Waals surface area contributed by atoms with Crippen molar-refractivity contribution in [2.45, 2.75) is 13.5 Å². The number of anilines is 1. The van der Waals surface area contributed by atoms with Crippen LogP contribution in [-0.4, -0.2) is 0 Å². The van der Waals surface area contributed by atoms with Gasteiger partial charge in [0.05, 0.1) is 17.3 Å². The van der Waals surface area contributed by atoms with Crippen molar-refractivity contribution < 1.29 is 4.42 Å². The summed E-state index contributed by atoms with van der Waals surface area (Å²) >= 11 is 6.18. The number of fused-ring (bicyclic) bond motifs is 1. The smallest absolute Gasteiger partial charge is 0.134 e. The molecule has 0 unspecified atom stereocenters. The summed E-state index contributed by atoms with van der Waals surface area (Å²) in [5.74, 6) is 0.903. The summed E-state index contributed by atoms with van der Waals surface area (Å²) in [4.78, 5) is 0. The minimum Gasteiger partial charge on any atom is -0.459 e. The molecule has 3 heteroatoms. The minimum absolute atomic E-state index is 0.624. The maximum atomic E-state index is 6.18. The van der Waals surface area contributed by atoms with Crippen LogP contribution in [0.25, 0.3) is 11.0 Å². The second-order valence-electron chi connectivity index (χ2n) is 4.54. The van der Waals surface area contributed by atoms with Crippen molar-refractivity contribution in [2.24, 2.45) is 0 Å². The van der Waals surface area contributed by atoms with E-state index in [0.717, 1.165) is 33.0 Å². The third-order valence-electron chi connectivity index (χ3n) is 3.14. The van der Waals surface area contributed by atoms with Crippen LogP contribution in [0.2, 0.25) is 5.02 Å². The maximum absolute atomic E-state index is 6.18. The van der Waals surface area contributed by atoms with Crippen LogP contribution in [0.5, 0.6) is 0 Å². The lowest BCUT2D eigenvalue weighted by atomic mass is 10.2. The van der Waals surface area contributed by atoms with Gasteiger partial charge in [-0.15, -0.1) is 0 Å². The number of nitrogens with one attached hydrogen (secondary N) is 1. The Bertz CT molecular complexity index is 664. The van der Waals surface area contributed by atoms with Crippen LogP contribution < -0.4 is 5.32 Å². The Hall–Kier alpha value is -1.93. The molecule has 0 spiro atoms. The zero-order valence-corrected chi connectivity index (χ0v) is 11.4. The standard InChI is InChI=1S/C16H14ClNO/c1-11-5-4-7-14(17)16(11)18-10-13-9-12-6-2-3-8-15(12)19-13/h2-9,18H,10H2,1H3. The monoisotopic (exact) mass is 271 g/mol. The number of para-hydroxylation sites is 2. The molecule has 0 amide bonds. The van der Waals surface area contributed by atoms with Crippen LogP contribution in [0.3, 0.4) is 0 Å². The minimum atomic E-state index is 0.624. The average molecular weight is 272 g/mol. The number of rotatable bonds is 3. The Morgan fingerprint density at radius 1 is 1.11 bits per heavy atom. The Kier molecular flexibility index (Phi) is 3.18. The molecule has 0 saturated heterocycles. The van der Waals surface area contributed by atoms with E-state index in [1.165, 1.54) is 0 Å². The molecule has 1 N–H and O–H groups in total. The molecular formula is C16H14ClNO. The lowest BCUT2D eigenvalue weighted by molar-refractivity contribution is 0.559. The van der Waals surface area contributed by atoms with Crippen LogP contribution in [0.15, 0.2) is 52.9 Å². The van der Waals surface area contributed by atoms with E-state index in [9.17, 15) is 0 Å². The van der Waals surface area contributed by atoms with Gasteiger partial charge >= 0.3 is 0 Å². The maximum Gasteiger partial charge on any atom is 0.134 e. The Morgan fingerprint density at radius 2 is 1.95 bits per heavy atom. The van der Waals surface area contributed by atoms with Crippen molar-refractivity contribution in [3.05, 3.63) is 64.9 Å². The number of halogens is 1. The van der Waals surface area contributed by atoms with E-state index >= 15 is 0 Å². The highest BCUT2D eigenvalue weighted by Crippen LogP contribution is 2.26. The van der Waals surface area contributed by atoms with Gasteiger partial charge in [0, 0.05) is 5.39 Å². The van der Waals surface area contributed by atoms with Crippen molar-refractivity contribution in [2.75, 3.05) is 5.32 Å². The molecule has 3 rings (SSSR count). The Labute approximate surface area is 117 Å². The van der Waals surface area contributed by atoms with Gasteiger partial charge in [0.1, 0.15) is 11.3 Å². The van der Waals surface area contributed by atoms with Crippen molar-refractivity contribution in [3.63, 3.8) is 0 Å². The number of benzene rings is 2. The summed E-state index contributed by atoms with van der Waals surface area (Å²) in [7, 11) is 0. The van der Waals surface area contributed by atoms with Crippen LogP contribution >= 0.6 is 11.6 Å². The molecule has 0 atom stereocenters. The first-order valence-corrected chi connectivity index (χ1v) is 6.58. The molecule has 3 aromatic rings. The first-order valence-electron chi connectivity index (χ1n) is 6.20. The van der Waals surface area contributed by atoms with Crippen molar-refractivity contribution in [1.82, 2.24) is 0 Å². The van der Waals surface area contributed by atoms with Crippen molar-refractivity contribution >= 4 is 28.3 Å². The zero-order chi connectivity index (χ0) is 13.2. The number of aryl methyl sites for hydroxylation is 1. The fourth-order valence-corrected chi connectivity index (χ4v) is 2.44. The van der Waals surface area contributed by atoms with E-state index in [0.29, 0.717) is 6.54 Å². The highest BCUT2D eigenvalue weighted by atomic mass is 35.5. The van der Waals surface area contributed by atoms with Gasteiger partial charge in [0.2, 0.25) is 0 Å². The quantitative estimate of drug-likeness (QED) is 0.725. The van der Waals surface area contributed by atoms with Gasteiger partial charge in [-0.25, -0.2) is 0 Å². The molecule has 0 fully saturated rings. The molecule has 2 aromatic carbocycles. The summed E-state index contributed by atoms with van der Waals surface area (Å²) in [6.07, 6.45) is 0. The predicted molar refractivity (Wildman–Crippen MR) is 79.7 cm³/mol. The van der Waals surface area contributed by atoms with Gasteiger partial charge in [-0.2, -0.15) is 0 Å². The van der Waals surface area contributed by atoms with E-state index in [1.54, 1.807) is 0 Å². The van der Waals surface area contributed by atoms with Gasteiger partial charge in [-0.1, -0.05) is 41.9 Å². The third kappa shape index (κ3) is 2.45. The molecule has 1 heterocycles. The molecule has 0 aliphatic carbocycles. The number of hydrogen-bond acceptors (Lipinski definition) is 2. The predicted octanol–water partition coefficient (Wildman–Crippen LogP) is 5.01. The molecule has 1 aromatic heterocycles. The SMILES string of the molecule is Cc1cccc(Cl)c1NCc1cc2ccccc2o1. The van der Waals surface area contributed by atoms with E-state index in [4.69, 9.17) is 16.0 Å². The molecule has 0 aliphatic rings. The number of hydrogen-bond donors (Lipinski definition) is 1. The van der Waals surface area contributed by atoms with E-state index in [1.807, 2.05) is 49.4 Å². The molecule has 0 bridgehead atoms. The van der Waals surface area contributed by atoms with E-state index < -0.39 is 0 Å². The molecule has 96 valence electrons. The topological polar surface area (TPSA) is 25.2 Å².